The molecule has 0 aromatic heterocycles. The molecule has 11 nitrogen and oxygen atoms in total. The Morgan fingerprint density at radius 1 is 0.909 bits per heavy atom. The Bertz CT molecular complexity index is 1210. The number of esters is 1. The van der Waals surface area contributed by atoms with E-state index in [2.05, 4.69) is 29.1 Å². The van der Waals surface area contributed by atoms with E-state index in [0.717, 1.165) is 5.56 Å². The van der Waals surface area contributed by atoms with Gasteiger partial charge in [0.2, 0.25) is 11.8 Å². The third-order valence-corrected chi connectivity index (χ3v) is 6.54. The number of benzene rings is 2. The van der Waals surface area contributed by atoms with Crippen molar-refractivity contribution in [1.82, 2.24) is 16.0 Å². The molecule has 0 heterocycles. The van der Waals surface area contributed by atoms with Gasteiger partial charge in [0.05, 0.1) is 25.2 Å². The van der Waals surface area contributed by atoms with Crippen molar-refractivity contribution in [2.24, 2.45) is 5.92 Å². The quantitative estimate of drug-likeness (QED) is 0.140. The molecule has 0 fully saturated rings. The van der Waals surface area contributed by atoms with Crippen molar-refractivity contribution in [1.29, 1.82) is 0 Å². The van der Waals surface area contributed by atoms with Gasteiger partial charge >= 0.3 is 12.1 Å². The van der Waals surface area contributed by atoms with Gasteiger partial charge in [0.1, 0.15) is 18.8 Å². The molecule has 11 heteroatoms. The fourth-order valence-electron chi connectivity index (χ4n) is 4.29. The molecule has 0 radical (unpaired) electrons. The molecule has 0 saturated heterocycles. The lowest BCUT2D eigenvalue weighted by Crippen LogP contribution is -2.49. The molecular weight excluding hydrogens is 566 g/mol. The van der Waals surface area contributed by atoms with Crippen LogP contribution in [-0.4, -0.2) is 67.4 Å². The minimum Gasteiger partial charge on any atom is -0.454 e. The summed E-state index contributed by atoms with van der Waals surface area (Å²) >= 11 is 0. The number of amides is 3. The van der Waals surface area contributed by atoms with Crippen molar-refractivity contribution >= 4 is 23.9 Å². The Hall–Kier alpha value is -4.48. The summed E-state index contributed by atoms with van der Waals surface area (Å²) in [6.07, 6.45) is 1.30. The number of methoxy groups -OCH3 is 1. The van der Waals surface area contributed by atoms with Gasteiger partial charge in [-0.25, -0.2) is 9.59 Å². The second kappa shape index (κ2) is 19.7. The van der Waals surface area contributed by atoms with Gasteiger partial charge < -0.3 is 35.3 Å². The first-order chi connectivity index (χ1) is 21.2. The number of ether oxygens (including phenoxy) is 3. The predicted octanol–water partition coefficient (Wildman–Crippen LogP) is 3.35. The largest absolute Gasteiger partial charge is 0.454 e. The first-order valence-corrected chi connectivity index (χ1v) is 14.4. The molecule has 0 saturated carbocycles. The minimum atomic E-state index is -1.12. The molecule has 0 aliphatic carbocycles. The Labute approximate surface area is 258 Å². The van der Waals surface area contributed by atoms with Crippen LogP contribution in [0.15, 0.2) is 86.0 Å². The summed E-state index contributed by atoms with van der Waals surface area (Å²) in [5.74, 6) is -2.42. The number of carbonyl (C=O) groups excluding carboxylic acids is 4. The average molecular weight is 610 g/mol. The van der Waals surface area contributed by atoms with Gasteiger partial charge in [0.25, 0.3) is 0 Å². The minimum absolute atomic E-state index is 0.0138. The van der Waals surface area contributed by atoms with Crippen LogP contribution in [0.4, 0.5) is 4.79 Å². The summed E-state index contributed by atoms with van der Waals surface area (Å²) in [5.41, 5.74) is 1.35. The van der Waals surface area contributed by atoms with E-state index in [1.807, 2.05) is 18.2 Å². The number of rotatable bonds is 19. The van der Waals surface area contributed by atoms with Crippen LogP contribution in [0, 0.1) is 5.92 Å². The van der Waals surface area contributed by atoms with E-state index in [9.17, 15) is 24.3 Å². The zero-order valence-corrected chi connectivity index (χ0v) is 25.3. The molecule has 2 aromatic carbocycles. The van der Waals surface area contributed by atoms with Crippen molar-refractivity contribution in [3.63, 3.8) is 0 Å². The molecule has 2 rings (SSSR count). The van der Waals surface area contributed by atoms with E-state index in [1.54, 1.807) is 49.4 Å². The second-order valence-corrected chi connectivity index (χ2v) is 10.2. The van der Waals surface area contributed by atoms with E-state index >= 15 is 0 Å². The highest BCUT2D eigenvalue weighted by molar-refractivity contribution is 5.86. The Balaban J connectivity index is 2.23. The Morgan fingerprint density at radius 3 is 2.14 bits per heavy atom. The Morgan fingerprint density at radius 2 is 1.55 bits per heavy atom. The first kappa shape index (κ1) is 35.7. The summed E-state index contributed by atoms with van der Waals surface area (Å²) in [4.78, 5) is 51.9. The van der Waals surface area contributed by atoms with Crippen molar-refractivity contribution in [2.45, 2.75) is 57.0 Å². The van der Waals surface area contributed by atoms with Crippen LogP contribution in [0.25, 0.3) is 0 Å². The first-order valence-electron chi connectivity index (χ1n) is 14.4. The topological polar surface area (TPSA) is 152 Å². The molecule has 0 aliphatic rings. The van der Waals surface area contributed by atoms with Crippen LogP contribution in [-0.2, 0) is 35.2 Å². The lowest BCUT2D eigenvalue weighted by molar-refractivity contribution is -0.155. The van der Waals surface area contributed by atoms with Crippen molar-refractivity contribution in [3.8, 4) is 0 Å². The molecule has 44 heavy (non-hydrogen) atoms. The molecule has 238 valence electrons. The molecule has 5 atom stereocenters. The summed E-state index contributed by atoms with van der Waals surface area (Å²) in [6.45, 7) is 8.76. The number of alkyl carbamates (subject to hydrolysis) is 1. The maximum absolute atomic E-state index is 13.5. The van der Waals surface area contributed by atoms with Crippen LogP contribution in [0.3, 0.4) is 0 Å². The summed E-state index contributed by atoms with van der Waals surface area (Å²) in [7, 11) is 1.44. The van der Waals surface area contributed by atoms with E-state index in [1.165, 1.54) is 19.3 Å². The number of nitrogens with one attached hydrogen (secondary N) is 3. The molecule has 0 aliphatic heterocycles. The normalized spacial score (nSPS) is 14.1. The van der Waals surface area contributed by atoms with Gasteiger partial charge in [-0.3, -0.25) is 9.59 Å². The fraction of sp³-hybridized carbons (Fsp3) is 0.394. The van der Waals surface area contributed by atoms with Crippen LogP contribution < -0.4 is 16.0 Å². The number of carbonyl (C=O) groups is 4. The molecule has 0 spiro atoms. The summed E-state index contributed by atoms with van der Waals surface area (Å²) in [6, 6.07) is 15.4. The zero-order chi connectivity index (χ0) is 32.3. The maximum atomic E-state index is 13.5. The number of aliphatic hydroxyl groups excluding tert-OH is 1. The second-order valence-electron chi connectivity index (χ2n) is 10.2. The number of allylic oxidation sites excluding steroid dienone is 1. The van der Waals surface area contributed by atoms with Crippen LogP contribution in [0.2, 0.25) is 0 Å². The van der Waals surface area contributed by atoms with Gasteiger partial charge in [0, 0.05) is 19.6 Å². The van der Waals surface area contributed by atoms with E-state index in [4.69, 9.17) is 14.2 Å². The van der Waals surface area contributed by atoms with Gasteiger partial charge in [0.15, 0.2) is 0 Å². The molecule has 4 N–H and O–H groups in total. The monoisotopic (exact) mass is 609 g/mol. The molecule has 0 unspecified atom stereocenters. The van der Waals surface area contributed by atoms with Crippen molar-refractivity contribution < 1.29 is 38.5 Å². The highest BCUT2D eigenvalue weighted by Crippen LogP contribution is 2.24. The highest BCUT2D eigenvalue weighted by atomic mass is 16.6. The third kappa shape index (κ3) is 12.4. The maximum Gasteiger partial charge on any atom is 0.408 e. The number of hydrogen-bond acceptors (Lipinski definition) is 8. The Kier molecular flexibility index (Phi) is 16.0. The lowest BCUT2D eigenvalue weighted by atomic mass is 9.97. The van der Waals surface area contributed by atoms with Crippen LogP contribution >= 0.6 is 0 Å². The summed E-state index contributed by atoms with van der Waals surface area (Å²) in [5, 5.41) is 17.3. The fourth-order valence-corrected chi connectivity index (χ4v) is 4.29. The van der Waals surface area contributed by atoms with Gasteiger partial charge in [-0.15, -0.1) is 13.2 Å². The number of aliphatic hydroxyl groups is 1. The molecular formula is C33H43N3O8. The predicted molar refractivity (Wildman–Crippen MR) is 165 cm³/mol. The van der Waals surface area contributed by atoms with Crippen molar-refractivity contribution in [3.05, 3.63) is 97.1 Å². The van der Waals surface area contributed by atoms with E-state index in [0.29, 0.717) is 5.56 Å². The molecule has 3 amide bonds. The van der Waals surface area contributed by atoms with Crippen LogP contribution in [0.5, 0.6) is 0 Å². The smallest absolute Gasteiger partial charge is 0.408 e. The molecule has 0 bridgehead atoms. The SMILES string of the molecule is C=CC[C@H](CC(=O)N[C@H](C)CO)C(=O)N[C@@H](COC)[C@@H](OC(=O)[C@@H](CC=C)NC(=O)OCc1ccccc1)c1ccccc1. The van der Waals surface area contributed by atoms with Crippen LogP contribution in [0.1, 0.15) is 43.4 Å². The van der Waals surface area contributed by atoms with Crippen molar-refractivity contribution in [2.75, 3.05) is 20.3 Å². The van der Waals surface area contributed by atoms with E-state index < -0.39 is 54.0 Å². The lowest BCUT2D eigenvalue weighted by Gasteiger charge is -2.30. The van der Waals surface area contributed by atoms with E-state index in [-0.39, 0.29) is 39.1 Å². The van der Waals surface area contributed by atoms with Gasteiger partial charge in [-0.2, -0.15) is 0 Å². The summed E-state index contributed by atoms with van der Waals surface area (Å²) < 4.78 is 16.6. The molecule has 2 aromatic rings. The highest BCUT2D eigenvalue weighted by Gasteiger charge is 2.33. The average Bonchev–Trinajstić information content (AvgIpc) is 3.02. The zero-order valence-electron chi connectivity index (χ0n) is 25.3. The van der Waals surface area contributed by atoms with Gasteiger partial charge in [-0.05, 0) is 30.9 Å². The number of hydrogen-bond donors (Lipinski definition) is 4. The third-order valence-electron chi connectivity index (χ3n) is 6.54. The van der Waals surface area contributed by atoms with Gasteiger partial charge in [-0.1, -0.05) is 72.8 Å². The standard InChI is InChI=1S/C33H43N3O8/c1-5-13-26(19-29(38)34-23(3)20-37)31(39)35-28(22-42-4)30(25-17-11-8-12-18-25)44-32(40)27(14-6-2)36-33(41)43-21-24-15-9-7-10-16-24/h5-12,15-18,23,26-28,30,37H,1-2,13-14,19-22H2,3-4H3,(H,34,38)(H,35,39)(H,36,41)/t23-,26-,27-,28+,30+/m1/s1.